The predicted octanol–water partition coefficient (Wildman–Crippen LogP) is 2.08. The van der Waals surface area contributed by atoms with Gasteiger partial charge in [-0.2, -0.15) is 0 Å². The van der Waals surface area contributed by atoms with Gasteiger partial charge in [0.25, 0.3) is 0 Å². The van der Waals surface area contributed by atoms with Crippen molar-refractivity contribution >= 4 is 17.5 Å². The number of anilines is 1. The van der Waals surface area contributed by atoms with E-state index in [4.69, 9.17) is 0 Å². The van der Waals surface area contributed by atoms with Crippen LogP contribution in [0.5, 0.6) is 0 Å². The summed E-state index contributed by atoms with van der Waals surface area (Å²) in [5.74, 6) is -0.329. The summed E-state index contributed by atoms with van der Waals surface area (Å²) in [6, 6.07) is 6.81. The number of carbonyl (C=O) groups excluding carboxylic acids is 2. The van der Waals surface area contributed by atoms with E-state index < -0.39 is 0 Å². The number of rotatable bonds is 3. The number of amides is 2. The summed E-state index contributed by atoms with van der Waals surface area (Å²) in [5.41, 5.74) is 0.626. The molecular weight excluding hydrogens is 321 g/mol. The second kappa shape index (κ2) is 6.75. The summed E-state index contributed by atoms with van der Waals surface area (Å²) >= 11 is 0. The van der Waals surface area contributed by atoms with Crippen molar-refractivity contribution < 1.29 is 14.0 Å². The Morgan fingerprint density at radius 1 is 0.920 bits per heavy atom. The third kappa shape index (κ3) is 3.03. The molecule has 2 saturated heterocycles. The molecule has 4 rings (SSSR count). The number of halogens is 1. The van der Waals surface area contributed by atoms with Crippen LogP contribution in [0.15, 0.2) is 24.3 Å². The fraction of sp³-hybridized carbons (Fsp3) is 0.579. The second-order valence-corrected chi connectivity index (χ2v) is 7.30. The molecule has 1 aromatic rings. The molecule has 25 heavy (non-hydrogen) atoms. The van der Waals surface area contributed by atoms with E-state index in [1.54, 1.807) is 12.1 Å². The molecule has 0 aromatic heterocycles. The Morgan fingerprint density at radius 3 is 2.12 bits per heavy atom. The van der Waals surface area contributed by atoms with Crippen molar-refractivity contribution in [2.75, 3.05) is 37.7 Å². The standard InChI is InChI=1S/C19H24FN3O2/c20-16-7-3-4-8-17(16)22-11-9-21(10-12-22)13-23-18(24)14-5-1-2-6-15(14)19(23)25/h3-4,7-8,14-15H,1-2,5-6,9-13H2/t14-,15-/m0/s1. The average molecular weight is 345 g/mol. The van der Waals surface area contributed by atoms with Crippen molar-refractivity contribution in [3.05, 3.63) is 30.1 Å². The van der Waals surface area contributed by atoms with E-state index in [0.717, 1.165) is 38.8 Å². The third-order valence-electron chi connectivity index (χ3n) is 5.84. The first-order chi connectivity index (χ1) is 12.1. The largest absolute Gasteiger partial charge is 0.367 e. The van der Waals surface area contributed by atoms with Crippen molar-refractivity contribution in [3.8, 4) is 0 Å². The Kier molecular flexibility index (Phi) is 4.46. The number of para-hydroxylation sites is 1. The lowest BCUT2D eigenvalue weighted by Gasteiger charge is -2.37. The molecule has 2 heterocycles. The van der Waals surface area contributed by atoms with Gasteiger partial charge in [-0.1, -0.05) is 25.0 Å². The quantitative estimate of drug-likeness (QED) is 0.787. The van der Waals surface area contributed by atoms with E-state index in [9.17, 15) is 14.0 Å². The molecule has 2 amide bonds. The fourth-order valence-corrected chi connectivity index (χ4v) is 4.41. The van der Waals surface area contributed by atoms with E-state index >= 15 is 0 Å². The van der Waals surface area contributed by atoms with Crippen molar-refractivity contribution in [1.29, 1.82) is 0 Å². The van der Waals surface area contributed by atoms with E-state index in [-0.39, 0.29) is 29.5 Å². The van der Waals surface area contributed by atoms with Crippen LogP contribution in [0.3, 0.4) is 0 Å². The summed E-state index contributed by atoms with van der Waals surface area (Å²) in [6.45, 7) is 3.23. The van der Waals surface area contributed by atoms with E-state index in [1.165, 1.54) is 11.0 Å². The van der Waals surface area contributed by atoms with Gasteiger partial charge in [0.1, 0.15) is 5.82 Å². The highest BCUT2D eigenvalue weighted by molar-refractivity contribution is 6.05. The molecule has 5 nitrogen and oxygen atoms in total. The molecule has 0 N–H and O–H groups in total. The van der Waals surface area contributed by atoms with E-state index in [0.29, 0.717) is 25.4 Å². The number of hydrogen-bond donors (Lipinski definition) is 0. The molecule has 0 bridgehead atoms. The van der Waals surface area contributed by atoms with Crippen molar-refractivity contribution in [2.24, 2.45) is 11.8 Å². The van der Waals surface area contributed by atoms with Crippen LogP contribution in [0, 0.1) is 17.7 Å². The maximum atomic E-state index is 13.9. The van der Waals surface area contributed by atoms with Gasteiger partial charge >= 0.3 is 0 Å². The van der Waals surface area contributed by atoms with Crippen LogP contribution in [0.25, 0.3) is 0 Å². The van der Waals surface area contributed by atoms with Gasteiger partial charge in [0.2, 0.25) is 11.8 Å². The number of nitrogens with zero attached hydrogens (tertiary/aromatic N) is 3. The number of benzene rings is 1. The number of imide groups is 1. The first-order valence-electron chi connectivity index (χ1n) is 9.22. The molecular formula is C19H24FN3O2. The fourth-order valence-electron chi connectivity index (χ4n) is 4.41. The van der Waals surface area contributed by atoms with Gasteiger partial charge in [0.05, 0.1) is 24.2 Å². The van der Waals surface area contributed by atoms with E-state index in [1.807, 2.05) is 11.0 Å². The summed E-state index contributed by atoms with van der Waals surface area (Å²) < 4.78 is 13.9. The van der Waals surface area contributed by atoms with Crippen LogP contribution in [0.4, 0.5) is 10.1 Å². The average Bonchev–Trinajstić information content (AvgIpc) is 2.88. The zero-order valence-electron chi connectivity index (χ0n) is 14.4. The minimum atomic E-state index is -0.204. The molecule has 0 unspecified atom stereocenters. The Labute approximate surface area is 147 Å². The SMILES string of the molecule is O=C1[C@H]2CCCC[C@@H]2C(=O)N1CN1CCN(c2ccccc2F)CC1. The van der Waals surface area contributed by atoms with Crippen molar-refractivity contribution in [3.63, 3.8) is 0 Å². The highest BCUT2D eigenvalue weighted by atomic mass is 19.1. The maximum Gasteiger partial charge on any atom is 0.234 e. The highest BCUT2D eigenvalue weighted by Gasteiger charge is 2.48. The van der Waals surface area contributed by atoms with Gasteiger partial charge < -0.3 is 4.90 Å². The second-order valence-electron chi connectivity index (χ2n) is 7.30. The Hall–Kier alpha value is -1.95. The minimum Gasteiger partial charge on any atom is -0.367 e. The number of hydrogen-bond acceptors (Lipinski definition) is 4. The zero-order chi connectivity index (χ0) is 17.4. The first-order valence-corrected chi connectivity index (χ1v) is 9.22. The normalized spacial score (nSPS) is 27.7. The topological polar surface area (TPSA) is 43.9 Å². The maximum absolute atomic E-state index is 13.9. The summed E-state index contributed by atoms with van der Waals surface area (Å²) in [6.07, 6.45) is 3.81. The molecule has 134 valence electrons. The van der Waals surface area contributed by atoms with E-state index in [2.05, 4.69) is 4.90 Å². The van der Waals surface area contributed by atoms with Gasteiger partial charge in [-0.3, -0.25) is 19.4 Å². The number of fused-ring (bicyclic) bond motifs is 1. The molecule has 1 aliphatic carbocycles. The number of likely N-dealkylation sites (tertiary alicyclic amines) is 1. The predicted molar refractivity (Wildman–Crippen MR) is 92.4 cm³/mol. The lowest BCUT2D eigenvalue weighted by atomic mass is 9.81. The Balaban J connectivity index is 1.37. The molecule has 0 radical (unpaired) electrons. The lowest BCUT2D eigenvalue weighted by molar-refractivity contribution is -0.142. The zero-order valence-corrected chi connectivity index (χ0v) is 14.4. The van der Waals surface area contributed by atoms with Crippen molar-refractivity contribution in [1.82, 2.24) is 9.80 Å². The molecule has 1 aromatic carbocycles. The van der Waals surface area contributed by atoms with Gasteiger partial charge in [-0.15, -0.1) is 0 Å². The van der Waals surface area contributed by atoms with Crippen LogP contribution in [0.2, 0.25) is 0 Å². The van der Waals surface area contributed by atoms with Crippen LogP contribution < -0.4 is 4.90 Å². The summed E-state index contributed by atoms with van der Waals surface area (Å²) in [4.78, 5) is 30.8. The molecule has 1 saturated carbocycles. The molecule has 0 spiro atoms. The molecule has 2 atom stereocenters. The van der Waals surface area contributed by atoms with Crippen LogP contribution >= 0.6 is 0 Å². The van der Waals surface area contributed by atoms with Gasteiger partial charge in [-0.05, 0) is 25.0 Å². The Morgan fingerprint density at radius 2 is 1.52 bits per heavy atom. The van der Waals surface area contributed by atoms with Crippen LogP contribution in [-0.4, -0.2) is 54.5 Å². The summed E-state index contributed by atoms with van der Waals surface area (Å²) in [5, 5.41) is 0. The number of piperazine rings is 1. The number of carbonyl (C=O) groups is 2. The first kappa shape index (κ1) is 16.5. The monoisotopic (exact) mass is 345 g/mol. The molecule has 6 heteroatoms. The summed E-state index contributed by atoms with van der Waals surface area (Å²) in [7, 11) is 0. The van der Waals surface area contributed by atoms with Crippen molar-refractivity contribution in [2.45, 2.75) is 25.7 Å². The van der Waals surface area contributed by atoms with Gasteiger partial charge in [-0.25, -0.2) is 4.39 Å². The molecule has 2 aliphatic heterocycles. The highest BCUT2D eigenvalue weighted by Crippen LogP contribution is 2.38. The minimum absolute atomic E-state index is 0.0197. The van der Waals surface area contributed by atoms with Crippen LogP contribution in [-0.2, 0) is 9.59 Å². The Bertz CT molecular complexity index is 648. The van der Waals surface area contributed by atoms with Gasteiger partial charge in [0, 0.05) is 26.2 Å². The molecule has 3 aliphatic rings. The van der Waals surface area contributed by atoms with Crippen LogP contribution in [0.1, 0.15) is 25.7 Å². The smallest absolute Gasteiger partial charge is 0.234 e. The molecule has 3 fully saturated rings. The lowest BCUT2D eigenvalue weighted by Crippen LogP contribution is -2.51. The third-order valence-corrected chi connectivity index (χ3v) is 5.84. The van der Waals surface area contributed by atoms with Gasteiger partial charge in [0.15, 0.2) is 0 Å².